The lowest BCUT2D eigenvalue weighted by Gasteiger charge is -2.41. The molecule has 1 saturated heterocycles. The second-order valence-corrected chi connectivity index (χ2v) is 5.01. The zero-order valence-electron chi connectivity index (χ0n) is 10.2. The Balaban J connectivity index is 2.25. The number of piperidine rings is 1. The van der Waals surface area contributed by atoms with Crippen molar-refractivity contribution in [1.82, 2.24) is 9.97 Å². The van der Waals surface area contributed by atoms with Gasteiger partial charge in [-0.05, 0) is 25.2 Å². The van der Waals surface area contributed by atoms with Crippen LogP contribution in [0.15, 0.2) is 12.4 Å². The standard InChI is InChI=1S/C12H20N4/c1-8-4-9(2)10(3)16(7-8)12-6-14-5-11(13)15-12/h5-6,8-10H,4,7H2,1-3H3,(H2,13,15). The lowest BCUT2D eigenvalue weighted by atomic mass is 9.86. The molecule has 0 radical (unpaired) electrons. The Bertz CT molecular complexity index is 366. The largest absolute Gasteiger partial charge is 0.382 e. The summed E-state index contributed by atoms with van der Waals surface area (Å²) in [6, 6.07) is 0.507. The molecule has 1 aromatic heterocycles. The van der Waals surface area contributed by atoms with E-state index < -0.39 is 0 Å². The predicted octanol–water partition coefficient (Wildman–Crippen LogP) is 1.93. The fourth-order valence-corrected chi connectivity index (χ4v) is 2.53. The molecule has 2 heterocycles. The van der Waals surface area contributed by atoms with Crippen molar-refractivity contribution in [2.45, 2.75) is 33.2 Å². The second kappa shape index (κ2) is 4.28. The van der Waals surface area contributed by atoms with Crippen LogP contribution in [0.25, 0.3) is 0 Å². The van der Waals surface area contributed by atoms with Crippen molar-refractivity contribution in [2.24, 2.45) is 11.8 Å². The van der Waals surface area contributed by atoms with Crippen molar-refractivity contribution in [3.05, 3.63) is 12.4 Å². The Hall–Kier alpha value is -1.32. The highest BCUT2D eigenvalue weighted by molar-refractivity contribution is 5.43. The third-order valence-electron chi connectivity index (χ3n) is 3.53. The van der Waals surface area contributed by atoms with Gasteiger partial charge < -0.3 is 10.6 Å². The topological polar surface area (TPSA) is 55.0 Å². The molecule has 0 aromatic carbocycles. The molecule has 1 fully saturated rings. The highest BCUT2D eigenvalue weighted by Gasteiger charge is 2.29. The van der Waals surface area contributed by atoms with Crippen LogP contribution in [-0.4, -0.2) is 22.6 Å². The van der Waals surface area contributed by atoms with E-state index in [1.165, 1.54) is 6.42 Å². The van der Waals surface area contributed by atoms with Crippen molar-refractivity contribution in [1.29, 1.82) is 0 Å². The van der Waals surface area contributed by atoms with Crippen LogP contribution >= 0.6 is 0 Å². The monoisotopic (exact) mass is 220 g/mol. The van der Waals surface area contributed by atoms with Crippen LogP contribution in [0.1, 0.15) is 27.2 Å². The molecule has 0 bridgehead atoms. The van der Waals surface area contributed by atoms with Gasteiger partial charge in [0, 0.05) is 12.6 Å². The first-order valence-corrected chi connectivity index (χ1v) is 5.92. The fourth-order valence-electron chi connectivity index (χ4n) is 2.53. The summed E-state index contributed by atoms with van der Waals surface area (Å²) in [7, 11) is 0. The highest BCUT2D eigenvalue weighted by Crippen LogP contribution is 2.30. The second-order valence-electron chi connectivity index (χ2n) is 5.01. The number of hydrogen-bond acceptors (Lipinski definition) is 4. The number of nitrogens with zero attached hydrogens (tertiary/aromatic N) is 3. The van der Waals surface area contributed by atoms with Gasteiger partial charge in [-0.15, -0.1) is 0 Å². The average molecular weight is 220 g/mol. The molecular weight excluding hydrogens is 200 g/mol. The lowest BCUT2D eigenvalue weighted by molar-refractivity contribution is 0.295. The van der Waals surface area contributed by atoms with E-state index in [4.69, 9.17) is 5.73 Å². The normalized spacial score (nSPS) is 30.4. The lowest BCUT2D eigenvalue weighted by Crippen LogP contribution is -2.46. The number of anilines is 2. The molecular formula is C12H20N4. The van der Waals surface area contributed by atoms with Crippen molar-refractivity contribution < 1.29 is 0 Å². The highest BCUT2D eigenvalue weighted by atomic mass is 15.2. The Morgan fingerprint density at radius 1 is 1.31 bits per heavy atom. The van der Waals surface area contributed by atoms with Crippen LogP contribution < -0.4 is 10.6 Å². The van der Waals surface area contributed by atoms with E-state index in [-0.39, 0.29) is 0 Å². The van der Waals surface area contributed by atoms with E-state index in [0.717, 1.165) is 12.4 Å². The van der Waals surface area contributed by atoms with Gasteiger partial charge in [-0.25, -0.2) is 4.98 Å². The number of nitrogens with two attached hydrogens (primary N) is 1. The van der Waals surface area contributed by atoms with Crippen LogP contribution in [0.3, 0.4) is 0 Å². The fraction of sp³-hybridized carbons (Fsp3) is 0.667. The third kappa shape index (κ3) is 2.10. The minimum atomic E-state index is 0.496. The van der Waals surface area contributed by atoms with Gasteiger partial charge in [-0.2, -0.15) is 0 Å². The summed E-state index contributed by atoms with van der Waals surface area (Å²) >= 11 is 0. The predicted molar refractivity (Wildman–Crippen MR) is 66.2 cm³/mol. The van der Waals surface area contributed by atoms with Crippen molar-refractivity contribution in [3.8, 4) is 0 Å². The molecule has 88 valence electrons. The van der Waals surface area contributed by atoms with Crippen molar-refractivity contribution >= 4 is 11.6 Å². The van der Waals surface area contributed by atoms with Crippen molar-refractivity contribution in [3.63, 3.8) is 0 Å². The molecule has 2 N–H and O–H groups in total. The summed E-state index contributed by atoms with van der Waals surface area (Å²) in [5, 5.41) is 0. The zero-order valence-corrected chi connectivity index (χ0v) is 10.2. The van der Waals surface area contributed by atoms with Gasteiger partial charge in [0.25, 0.3) is 0 Å². The number of rotatable bonds is 1. The smallest absolute Gasteiger partial charge is 0.149 e. The van der Waals surface area contributed by atoms with Gasteiger partial charge in [-0.3, -0.25) is 4.98 Å². The summed E-state index contributed by atoms with van der Waals surface area (Å²) in [6.45, 7) is 7.88. The Morgan fingerprint density at radius 3 is 2.75 bits per heavy atom. The van der Waals surface area contributed by atoms with Crippen LogP contribution in [0.2, 0.25) is 0 Å². The third-order valence-corrected chi connectivity index (χ3v) is 3.53. The maximum absolute atomic E-state index is 5.68. The number of aromatic nitrogens is 2. The molecule has 0 amide bonds. The van der Waals surface area contributed by atoms with Crippen LogP contribution in [0.4, 0.5) is 11.6 Å². The van der Waals surface area contributed by atoms with E-state index in [2.05, 4.69) is 35.6 Å². The van der Waals surface area contributed by atoms with E-state index in [1.807, 2.05) is 0 Å². The number of hydrogen-bond donors (Lipinski definition) is 1. The molecule has 4 nitrogen and oxygen atoms in total. The van der Waals surface area contributed by atoms with Crippen LogP contribution in [-0.2, 0) is 0 Å². The molecule has 2 rings (SSSR count). The van der Waals surface area contributed by atoms with Crippen molar-refractivity contribution in [2.75, 3.05) is 17.2 Å². The average Bonchev–Trinajstić information content (AvgIpc) is 2.23. The van der Waals surface area contributed by atoms with Gasteiger partial charge in [0.1, 0.15) is 11.6 Å². The summed E-state index contributed by atoms with van der Waals surface area (Å²) < 4.78 is 0. The van der Waals surface area contributed by atoms with E-state index in [9.17, 15) is 0 Å². The van der Waals surface area contributed by atoms with E-state index >= 15 is 0 Å². The summed E-state index contributed by atoms with van der Waals surface area (Å²) in [5.41, 5.74) is 5.68. The van der Waals surface area contributed by atoms with Crippen LogP contribution in [0, 0.1) is 11.8 Å². The first-order valence-electron chi connectivity index (χ1n) is 5.92. The Kier molecular flexibility index (Phi) is 2.99. The first kappa shape index (κ1) is 11.2. The molecule has 3 unspecified atom stereocenters. The Morgan fingerprint density at radius 2 is 2.06 bits per heavy atom. The molecule has 4 heteroatoms. The van der Waals surface area contributed by atoms with Gasteiger partial charge in [0.05, 0.1) is 12.4 Å². The summed E-state index contributed by atoms with van der Waals surface area (Å²) in [4.78, 5) is 10.8. The summed E-state index contributed by atoms with van der Waals surface area (Å²) in [5.74, 6) is 2.79. The Labute approximate surface area is 96.9 Å². The molecule has 0 aliphatic carbocycles. The molecule has 1 aliphatic heterocycles. The quantitative estimate of drug-likeness (QED) is 0.785. The number of nitrogen functional groups attached to an aromatic ring is 1. The van der Waals surface area contributed by atoms with Gasteiger partial charge in [0.15, 0.2) is 0 Å². The van der Waals surface area contributed by atoms with Gasteiger partial charge in [-0.1, -0.05) is 13.8 Å². The van der Waals surface area contributed by atoms with Gasteiger partial charge in [0.2, 0.25) is 0 Å². The zero-order chi connectivity index (χ0) is 11.7. The SMILES string of the molecule is CC1CC(C)C(C)N(c2cncc(N)n2)C1. The maximum Gasteiger partial charge on any atom is 0.149 e. The minimum absolute atomic E-state index is 0.496. The molecule has 16 heavy (non-hydrogen) atoms. The van der Waals surface area contributed by atoms with E-state index in [0.29, 0.717) is 23.7 Å². The molecule has 1 aromatic rings. The van der Waals surface area contributed by atoms with Gasteiger partial charge >= 0.3 is 0 Å². The molecule has 0 saturated carbocycles. The molecule has 1 aliphatic rings. The molecule has 3 atom stereocenters. The summed E-state index contributed by atoms with van der Waals surface area (Å²) in [6.07, 6.45) is 4.68. The minimum Gasteiger partial charge on any atom is -0.382 e. The van der Waals surface area contributed by atoms with E-state index in [1.54, 1.807) is 12.4 Å². The van der Waals surface area contributed by atoms with Crippen LogP contribution in [0.5, 0.6) is 0 Å². The first-order chi connectivity index (χ1) is 7.58. The molecule has 0 spiro atoms. The maximum atomic E-state index is 5.68.